The molecule has 1 aromatic heterocycles. The average Bonchev–Trinajstić information content (AvgIpc) is 2.75. The van der Waals surface area contributed by atoms with Gasteiger partial charge in [-0.05, 0) is 77.0 Å². The number of anilines is 1. The molecule has 1 heterocycles. The van der Waals surface area contributed by atoms with Gasteiger partial charge in [-0.25, -0.2) is 4.98 Å². The van der Waals surface area contributed by atoms with Gasteiger partial charge in [0.1, 0.15) is 18.6 Å². The number of halogens is 1. The largest absolute Gasteiger partial charge is 0.490 e. The maximum atomic E-state index is 10.7. The quantitative estimate of drug-likeness (QED) is 0.185. The molecule has 0 spiro atoms. The maximum absolute atomic E-state index is 10.7. The maximum Gasteiger partial charge on any atom is 0.287 e. The molecule has 0 aliphatic heterocycles. The summed E-state index contributed by atoms with van der Waals surface area (Å²) in [6, 6.07) is 16.5. The van der Waals surface area contributed by atoms with Gasteiger partial charge in [-0.3, -0.25) is 15.5 Å². The second-order valence-corrected chi connectivity index (χ2v) is 7.33. The fourth-order valence-electron chi connectivity index (χ4n) is 2.47. The minimum atomic E-state index is -0.503. The highest BCUT2D eigenvalue weighted by Gasteiger charge is 2.07. The predicted octanol–water partition coefficient (Wildman–Crippen LogP) is 5.02. The summed E-state index contributed by atoms with van der Waals surface area (Å²) in [6.45, 7) is 2.86. The van der Waals surface area contributed by atoms with Gasteiger partial charge in [0, 0.05) is 9.64 Å². The summed E-state index contributed by atoms with van der Waals surface area (Å²) in [6.07, 6.45) is 2.78. The molecule has 0 radical (unpaired) electrons. The van der Waals surface area contributed by atoms with Crippen molar-refractivity contribution < 1.29 is 14.4 Å². The lowest BCUT2D eigenvalue weighted by molar-refractivity contribution is -0.385. The SMILES string of the molecule is CCOc1cc(/C=N/Nc2ccc([N+](=O)[O-])cn2)ccc1OCc1ccc(I)cc1. The zero-order chi connectivity index (χ0) is 21.3. The Morgan fingerprint density at radius 1 is 1.13 bits per heavy atom. The molecule has 9 heteroatoms. The molecule has 0 fully saturated rings. The summed E-state index contributed by atoms with van der Waals surface area (Å²) >= 11 is 2.27. The third-order valence-corrected chi connectivity index (χ3v) is 4.65. The first-order valence-electron chi connectivity index (χ1n) is 9.09. The number of pyridine rings is 1. The van der Waals surface area contributed by atoms with E-state index in [1.165, 1.54) is 21.9 Å². The Kier molecular flexibility index (Phi) is 7.55. The van der Waals surface area contributed by atoms with Crippen LogP contribution in [0.5, 0.6) is 11.5 Å². The molecule has 3 aromatic rings. The zero-order valence-corrected chi connectivity index (χ0v) is 18.3. The van der Waals surface area contributed by atoms with Gasteiger partial charge in [0.05, 0.1) is 17.7 Å². The lowest BCUT2D eigenvalue weighted by Crippen LogP contribution is -2.01. The molecule has 0 saturated heterocycles. The van der Waals surface area contributed by atoms with Crippen molar-refractivity contribution in [2.45, 2.75) is 13.5 Å². The standard InChI is InChI=1S/C21H19IN4O4/c1-2-29-20-11-16(12-24-25-21-10-8-18(13-23-21)26(27)28)5-9-19(20)30-14-15-3-6-17(22)7-4-15/h3-13H,2,14H2,1H3,(H,23,25)/b24-12+. The number of hydrogen-bond donors (Lipinski definition) is 1. The van der Waals surface area contributed by atoms with E-state index < -0.39 is 4.92 Å². The van der Waals surface area contributed by atoms with Gasteiger partial charge in [0.25, 0.3) is 5.69 Å². The van der Waals surface area contributed by atoms with Gasteiger partial charge in [-0.15, -0.1) is 0 Å². The molecular formula is C21H19IN4O4. The first-order chi connectivity index (χ1) is 14.5. The highest BCUT2D eigenvalue weighted by molar-refractivity contribution is 14.1. The van der Waals surface area contributed by atoms with Crippen LogP contribution in [-0.4, -0.2) is 22.7 Å². The molecule has 0 unspecified atom stereocenters. The molecule has 30 heavy (non-hydrogen) atoms. The van der Waals surface area contributed by atoms with Crippen molar-refractivity contribution in [3.8, 4) is 11.5 Å². The third-order valence-electron chi connectivity index (χ3n) is 3.93. The Labute approximate surface area is 187 Å². The number of rotatable bonds is 9. The molecule has 3 rings (SSSR count). The second kappa shape index (κ2) is 10.5. The van der Waals surface area contributed by atoms with Gasteiger partial charge < -0.3 is 9.47 Å². The third kappa shape index (κ3) is 6.14. The Hall–Kier alpha value is -3.21. The number of hydrogen-bond acceptors (Lipinski definition) is 7. The Morgan fingerprint density at radius 3 is 2.60 bits per heavy atom. The fourth-order valence-corrected chi connectivity index (χ4v) is 2.83. The lowest BCUT2D eigenvalue weighted by Gasteiger charge is -2.12. The highest BCUT2D eigenvalue weighted by atomic mass is 127. The zero-order valence-electron chi connectivity index (χ0n) is 16.1. The van der Waals surface area contributed by atoms with Crippen LogP contribution >= 0.6 is 22.6 Å². The number of hydrazone groups is 1. The van der Waals surface area contributed by atoms with Crippen LogP contribution in [0.3, 0.4) is 0 Å². The number of aromatic nitrogens is 1. The normalized spacial score (nSPS) is 10.7. The van der Waals surface area contributed by atoms with Crippen LogP contribution in [0.15, 0.2) is 65.9 Å². The molecular weight excluding hydrogens is 499 g/mol. The van der Waals surface area contributed by atoms with Crippen LogP contribution in [0.4, 0.5) is 11.5 Å². The Morgan fingerprint density at radius 2 is 1.93 bits per heavy atom. The summed E-state index contributed by atoms with van der Waals surface area (Å²) in [4.78, 5) is 14.1. The first-order valence-corrected chi connectivity index (χ1v) is 10.2. The van der Waals surface area contributed by atoms with E-state index in [-0.39, 0.29) is 5.69 Å². The smallest absolute Gasteiger partial charge is 0.287 e. The molecule has 0 aliphatic rings. The number of ether oxygens (including phenoxy) is 2. The molecule has 1 N–H and O–H groups in total. The lowest BCUT2D eigenvalue weighted by atomic mass is 10.2. The van der Waals surface area contributed by atoms with Gasteiger partial charge >= 0.3 is 0 Å². The molecule has 0 atom stereocenters. The fraction of sp³-hybridized carbons (Fsp3) is 0.143. The molecule has 154 valence electrons. The van der Waals surface area contributed by atoms with E-state index in [9.17, 15) is 10.1 Å². The summed E-state index contributed by atoms with van der Waals surface area (Å²) in [5, 5.41) is 14.8. The number of benzene rings is 2. The van der Waals surface area contributed by atoms with Gasteiger partial charge in [-0.2, -0.15) is 5.10 Å². The Balaban J connectivity index is 1.65. The minimum Gasteiger partial charge on any atom is -0.490 e. The molecule has 2 aromatic carbocycles. The highest BCUT2D eigenvalue weighted by Crippen LogP contribution is 2.29. The predicted molar refractivity (Wildman–Crippen MR) is 123 cm³/mol. The van der Waals surface area contributed by atoms with E-state index in [0.29, 0.717) is 30.5 Å². The molecule has 0 bridgehead atoms. The van der Waals surface area contributed by atoms with Crippen molar-refractivity contribution in [2.75, 3.05) is 12.0 Å². The minimum absolute atomic E-state index is 0.0771. The monoisotopic (exact) mass is 518 g/mol. The summed E-state index contributed by atoms with van der Waals surface area (Å²) in [5.74, 6) is 1.68. The number of nitrogens with zero attached hydrogens (tertiary/aromatic N) is 3. The van der Waals surface area contributed by atoms with E-state index in [1.807, 2.05) is 49.4 Å². The van der Waals surface area contributed by atoms with Crippen molar-refractivity contribution in [1.29, 1.82) is 0 Å². The van der Waals surface area contributed by atoms with Crippen LogP contribution in [0.25, 0.3) is 0 Å². The van der Waals surface area contributed by atoms with Crippen molar-refractivity contribution in [2.24, 2.45) is 5.10 Å². The van der Waals surface area contributed by atoms with Crippen molar-refractivity contribution in [3.05, 3.63) is 85.6 Å². The molecule has 0 amide bonds. The second-order valence-electron chi connectivity index (χ2n) is 6.08. The van der Waals surface area contributed by atoms with E-state index in [2.05, 4.69) is 38.1 Å². The molecule has 0 saturated carbocycles. The van der Waals surface area contributed by atoms with Crippen molar-refractivity contribution in [1.82, 2.24) is 4.98 Å². The van der Waals surface area contributed by atoms with E-state index in [1.54, 1.807) is 6.21 Å². The van der Waals surface area contributed by atoms with Gasteiger partial charge in [-0.1, -0.05) is 12.1 Å². The summed E-state index contributed by atoms with van der Waals surface area (Å²) in [7, 11) is 0. The van der Waals surface area contributed by atoms with E-state index in [4.69, 9.17) is 9.47 Å². The number of nitro groups is 1. The van der Waals surface area contributed by atoms with Gasteiger partial charge in [0.2, 0.25) is 0 Å². The van der Waals surface area contributed by atoms with Crippen LogP contribution in [0.2, 0.25) is 0 Å². The summed E-state index contributed by atoms with van der Waals surface area (Å²) in [5.41, 5.74) is 4.54. The van der Waals surface area contributed by atoms with Crippen molar-refractivity contribution >= 4 is 40.3 Å². The van der Waals surface area contributed by atoms with Crippen LogP contribution < -0.4 is 14.9 Å². The van der Waals surface area contributed by atoms with Crippen LogP contribution in [0.1, 0.15) is 18.1 Å². The average molecular weight is 518 g/mol. The van der Waals surface area contributed by atoms with Gasteiger partial charge in [0.15, 0.2) is 11.5 Å². The Bertz CT molecular complexity index is 1020. The number of nitrogens with one attached hydrogen (secondary N) is 1. The topological polar surface area (TPSA) is 98.9 Å². The molecule has 0 aliphatic carbocycles. The van der Waals surface area contributed by atoms with Crippen LogP contribution in [-0.2, 0) is 6.61 Å². The first kappa shape index (κ1) is 21.5. The van der Waals surface area contributed by atoms with Crippen molar-refractivity contribution in [3.63, 3.8) is 0 Å². The summed E-state index contributed by atoms with van der Waals surface area (Å²) < 4.78 is 12.8. The van der Waals surface area contributed by atoms with Crippen LogP contribution in [0, 0.1) is 13.7 Å². The van der Waals surface area contributed by atoms with E-state index >= 15 is 0 Å². The molecule has 8 nitrogen and oxygen atoms in total. The van der Waals surface area contributed by atoms with E-state index in [0.717, 1.165) is 11.1 Å².